The van der Waals surface area contributed by atoms with Crippen LogP contribution in [-0.2, 0) is 11.0 Å². The summed E-state index contributed by atoms with van der Waals surface area (Å²) in [4.78, 5) is 26.1. The largest absolute Gasteiger partial charge is 0.416 e. The monoisotopic (exact) mass is 389 g/mol. The number of anilines is 1. The lowest BCUT2D eigenvalue weighted by Crippen LogP contribution is -2.43. The number of halogens is 3. The maximum absolute atomic E-state index is 12.8. The molecule has 1 aromatic carbocycles. The van der Waals surface area contributed by atoms with Crippen LogP contribution in [0.5, 0.6) is 0 Å². The molecule has 7 nitrogen and oxygen atoms in total. The van der Waals surface area contributed by atoms with Gasteiger partial charge in [-0.1, -0.05) is 0 Å². The second kappa shape index (κ2) is 8.55. The molecule has 1 heterocycles. The summed E-state index contributed by atoms with van der Waals surface area (Å²) in [5, 5.41) is 20.3. The average Bonchev–Trinajstić information content (AvgIpc) is 2.64. The Kier molecular flexibility index (Phi) is 6.63. The Morgan fingerprint density at radius 2 is 2.00 bits per heavy atom. The van der Waals surface area contributed by atoms with Crippen LogP contribution < -0.4 is 4.90 Å². The number of hydrogen-bond donors (Lipinski definition) is 1. The number of amides is 1. The van der Waals surface area contributed by atoms with E-state index in [4.69, 9.17) is 5.11 Å². The maximum atomic E-state index is 12.8. The van der Waals surface area contributed by atoms with Gasteiger partial charge in [0.1, 0.15) is 5.69 Å². The molecule has 1 fully saturated rings. The topological polar surface area (TPSA) is 86.9 Å². The second-order valence-corrected chi connectivity index (χ2v) is 6.36. The van der Waals surface area contributed by atoms with Gasteiger partial charge < -0.3 is 14.9 Å². The molecule has 0 aromatic heterocycles. The van der Waals surface area contributed by atoms with Gasteiger partial charge in [-0.2, -0.15) is 13.2 Å². The van der Waals surface area contributed by atoms with Crippen molar-refractivity contribution in [2.75, 3.05) is 37.7 Å². The molecule has 1 aliphatic rings. The van der Waals surface area contributed by atoms with Crippen molar-refractivity contribution < 1.29 is 28.0 Å². The fourth-order valence-electron chi connectivity index (χ4n) is 3.28. The number of nitro groups is 1. The molecule has 0 bridgehead atoms. The van der Waals surface area contributed by atoms with Crippen LogP contribution in [-0.4, -0.2) is 53.6 Å². The molecule has 0 radical (unpaired) electrons. The number of hydrogen-bond acceptors (Lipinski definition) is 5. The molecule has 2 rings (SSSR count). The van der Waals surface area contributed by atoms with Crippen LogP contribution in [0.3, 0.4) is 0 Å². The summed E-state index contributed by atoms with van der Waals surface area (Å²) in [5.74, 6) is -0.339. The number of alkyl halides is 3. The van der Waals surface area contributed by atoms with Crippen LogP contribution in [0.25, 0.3) is 0 Å². The minimum absolute atomic E-state index is 0.0758. The number of benzene rings is 1. The third-order valence-electron chi connectivity index (χ3n) is 4.75. The number of aliphatic hydroxyl groups is 1. The standard InChI is InChI=1S/C17H22F3N3O4/c1-2-21(9-10-24)16(25)12-5-7-22(8-6-12)14-4-3-13(17(18,19)20)11-15(14)23(26)27/h3-4,11-12,24H,2,5-10H2,1H3. The molecule has 0 saturated carbocycles. The molecule has 0 spiro atoms. The fraction of sp³-hybridized carbons (Fsp3) is 0.588. The van der Waals surface area contributed by atoms with Gasteiger partial charge in [-0.15, -0.1) is 0 Å². The summed E-state index contributed by atoms with van der Waals surface area (Å²) in [6.07, 6.45) is -3.77. The predicted molar refractivity (Wildman–Crippen MR) is 92.4 cm³/mol. The molecular formula is C17H22F3N3O4. The van der Waals surface area contributed by atoms with E-state index in [0.29, 0.717) is 38.5 Å². The van der Waals surface area contributed by atoms with Gasteiger partial charge in [-0.3, -0.25) is 14.9 Å². The molecule has 1 aliphatic heterocycles. The number of rotatable bonds is 6. The molecule has 10 heteroatoms. The van der Waals surface area contributed by atoms with Gasteiger partial charge in [-0.05, 0) is 31.9 Å². The number of carbonyl (C=O) groups excluding carboxylic acids is 1. The molecular weight excluding hydrogens is 367 g/mol. The van der Waals surface area contributed by atoms with Gasteiger partial charge in [-0.25, -0.2) is 0 Å². The van der Waals surface area contributed by atoms with Gasteiger partial charge in [0, 0.05) is 38.2 Å². The van der Waals surface area contributed by atoms with Crippen LogP contribution in [0, 0.1) is 16.0 Å². The van der Waals surface area contributed by atoms with Crippen LogP contribution in [0.4, 0.5) is 24.5 Å². The summed E-state index contributed by atoms with van der Waals surface area (Å²) in [6, 6.07) is 2.50. The summed E-state index contributed by atoms with van der Waals surface area (Å²) in [6.45, 7) is 3.08. The van der Waals surface area contributed by atoms with Crippen LogP contribution in [0.2, 0.25) is 0 Å². The average molecular weight is 389 g/mol. The van der Waals surface area contributed by atoms with E-state index in [1.807, 2.05) is 6.92 Å². The van der Waals surface area contributed by atoms with Crippen LogP contribution >= 0.6 is 0 Å². The number of piperidine rings is 1. The summed E-state index contributed by atoms with van der Waals surface area (Å²) in [5.41, 5.74) is -1.53. The maximum Gasteiger partial charge on any atom is 0.416 e. The van der Waals surface area contributed by atoms with E-state index in [-0.39, 0.29) is 30.7 Å². The van der Waals surface area contributed by atoms with Gasteiger partial charge in [0.15, 0.2) is 0 Å². The first-order valence-corrected chi connectivity index (χ1v) is 8.69. The zero-order chi connectivity index (χ0) is 20.2. The highest BCUT2D eigenvalue weighted by Crippen LogP contribution is 2.37. The quantitative estimate of drug-likeness (QED) is 0.597. The van der Waals surface area contributed by atoms with Gasteiger partial charge in [0.25, 0.3) is 5.69 Å². The lowest BCUT2D eigenvalue weighted by atomic mass is 9.94. The molecule has 150 valence electrons. The van der Waals surface area contributed by atoms with Crippen molar-refractivity contribution in [1.82, 2.24) is 4.90 Å². The Balaban J connectivity index is 2.14. The van der Waals surface area contributed by atoms with E-state index < -0.39 is 22.4 Å². The van der Waals surface area contributed by atoms with Crippen molar-refractivity contribution in [3.8, 4) is 0 Å². The van der Waals surface area contributed by atoms with Gasteiger partial charge in [0.2, 0.25) is 5.91 Å². The van der Waals surface area contributed by atoms with Crippen molar-refractivity contribution >= 4 is 17.3 Å². The van der Waals surface area contributed by atoms with Crippen molar-refractivity contribution in [2.24, 2.45) is 5.92 Å². The molecule has 1 amide bonds. The second-order valence-electron chi connectivity index (χ2n) is 6.36. The van der Waals surface area contributed by atoms with E-state index in [2.05, 4.69) is 0 Å². The summed E-state index contributed by atoms with van der Waals surface area (Å²) < 4.78 is 38.5. The highest BCUT2D eigenvalue weighted by Gasteiger charge is 2.35. The van der Waals surface area contributed by atoms with Gasteiger partial charge in [0.05, 0.1) is 17.1 Å². The van der Waals surface area contributed by atoms with Crippen molar-refractivity contribution in [2.45, 2.75) is 25.9 Å². The van der Waals surface area contributed by atoms with E-state index in [9.17, 15) is 28.1 Å². The SMILES string of the molecule is CCN(CCO)C(=O)C1CCN(c2ccc(C(F)(F)F)cc2[N+](=O)[O-])CC1. The van der Waals surface area contributed by atoms with Gasteiger partial charge >= 0.3 is 6.18 Å². The van der Waals surface area contributed by atoms with E-state index in [1.54, 1.807) is 9.80 Å². The lowest BCUT2D eigenvalue weighted by molar-refractivity contribution is -0.384. The van der Waals surface area contributed by atoms with Crippen LogP contribution in [0.15, 0.2) is 18.2 Å². The normalized spacial score (nSPS) is 15.7. The van der Waals surface area contributed by atoms with Crippen LogP contribution in [0.1, 0.15) is 25.3 Å². The fourth-order valence-corrected chi connectivity index (χ4v) is 3.28. The highest BCUT2D eigenvalue weighted by molar-refractivity contribution is 5.79. The predicted octanol–water partition coefficient (Wildman–Crippen LogP) is 2.67. The first kappa shape index (κ1) is 20.9. The molecule has 0 aliphatic carbocycles. The molecule has 1 N–H and O–H groups in total. The summed E-state index contributed by atoms with van der Waals surface area (Å²) in [7, 11) is 0. The molecule has 27 heavy (non-hydrogen) atoms. The third-order valence-corrected chi connectivity index (χ3v) is 4.75. The Morgan fingerprint density at radius 3 is 2.48 bits per heavy atom. The van der Waals surface area contributed by atoms with Crippen molar-refractivity contribution in [1.29, 1.82) is 0 Å². The van der Waals surface area contributed by atoms with Crippen molar-refractivity contribution in [3.63, 3.8) is 0 Å². The third kappa shape index (κ3) is 4.88. The first-order chi connectivity index (χ1) is 12.7. The number of likely N-dealkylation sites (N-methyl/N-ethyl adjacent to an activating group) is 1. The molecule has 1 saturated heterocycles. The van der Waals surface area contributed by atoms with E-state index in [0.717, 1.165) is 12.1 Å². The molecule has 0 unspecified atom stereocenters. The zero-order valence-corrected chi connectivity index (χ0v) is 14.9. The van der Waals surface area contributed by atoms with E-state index >= 15 is 0 Å². The number of nitrogens with zero attached hydrogens (tertiary/aromatic N) is 3. The Morgan fingerprint density at radius 1 is 1.37 bits per heavy atom. The molecule has 0 atom stereocenters. The summed E-state index contributed by atoms with van der Waals surface area (Å²) >= 11 is 0. The first-order valence-electron chi connectivity index (χ1n) is 8.69. The number of nitro benzene ring substituents is 1. The minimum atomic E-state index is -4.65. The molecule has 1 aromatic rings. The zero-order valence-electron chi connectivity index (χ0n) is 14.9. The Hall–Kier alpha value is -2.36. The Labute approximate surface area is 154 Å². The lowest BCUT2D eigenvalue weighted by Gasteiger charge is -2.35. The number of aliphatic hydroxyl groups excluding tert-OH is 1. The number of carbonyl (C=O) groups is 1. The minimum Gasteiger partial charge on any atom is -0.395 e. The Bertz CT molecular complexity index is 688. The smallest absolute Gasteiger partial charge is 0.395 e. The highest BCUT2D eigenvalue weighted by atomic mass is 19.4. The van der Waals surface area contributed by atoms with Crippen molar-refractivity contribution in [3.05, 3.63) is 33.9 Å². The van der Waals surface area contributed by atoms with E-state index in [1.165, 1.54) is 0 Å².